The molecule has 0 atom stereocenters. The van der Waals surface area contributed by atoms with Crippen molar-refractivity contribution in [3.05, 3.63) is 24.4 Å². The highest BCUT2D eigenvalue weighted by Gasteiger charge is 1.89. The number of carboxylic acid groups (broad SMARTS) is 1. The standard InChI is InChI=1S/C6H5NO3/c8-6(9)2-1-5-3-10-4-7-5/h1-4H,(H,8,9)/b2-1+. The predicted molar refractivity (Wildman–Crippen MR) is 33.2 cm³/mol. The molecule has 0 amide bonds. The number of carboxylic acids is 1. The summed E-state index contributed by atoms with van der Waals surface area (Å²) in [7, 11) is 0. The quantitative estimate of drug-likeness (QED) is 0.614. The van der Waals surface area contributed by atoms with Crippen molar-refractivity contribution in [2.24, 2.45) is 0 Å². The van der Waals surface area contributed by atoms with Crippen LogP contribution in [0.3, 0.4) is 0 Å². The fourth-order valence-electron chi connectivity index (χ4n) is 0.461. The molecule has 4 heteroatoms. The molecule has 0 unspecified atom stereocenters. The van der Waals surface area contributed by atoms with Crippen LogP contribution in [0.25, 0.3) is 6.08 Å². The molecule has 0 aliphatic heterocycles. The Hall–Kier alpha value is -1.58. The van der Waals surface area contributed by atoms with Crippen LogP contribution in [0.15, 0.2) is 23.1 Å². The molecule has 1 rings (SSSR count). The van der Waals surface area contributed by atoms with E-state index in [-0.39, 0.29) is 0 Å². The molecule has 1 heterocycles. The van der Waals surface area contributed by atoms with Crippen molar-refractivity contribution in [1.82, 2.24) is 4.98 Å². The van der Waals surface area contributed by atoms with E-state index < -0.39 is 5.97 Å². The molecule has 0 fully saturated rings. The summed E-state index contributed by atoms with van der Waals surface area (Å²) in [4.78, 5) is 13.6. The van der Waals surface area contributed by atoms with Crippen LogP contribution >= 0.6 is 0 Å². The maximum Gasteiger partial charge on any atom is 0.328 e. The fourth-order valence-corrected chi connectivity index (χ4v) is 0.461. The van der Waals surface area contributed by atoms with Crippen LogP contribution in [0.4, 0.5) is 0 Å². The Morgan fingerprint density at radius 1 is 1.80 bits per heavy atom. The molecule has 0 aromatic carbocycles. The monoisotopic (exact) mass is 139 g/mol. The summed E-state index contributed by atoms with van der Waals surface area (Å²) >= 11 is 0. The number of aromatic nitrogens is 1. The summed E-state index contributed by atoms with van der Waals surface area (Å²) in [5, 5.41) is 8.17. The van der Waals surface area contributed by atoms with Crippen molar-refractivity contribution >= 4 is 12.0 Å². The molecule has 10 heavy (non-hydrogen) atoms. The van der Waals surface area contributed by atoms with E-state index in [1.165, 1.54) is 18.7 Å². The highest BCUT2D eigenvalue weighted by Crippen LogP contribution is 1.95. The third-order valence-corrected chi connectivity index (χ3v) is 0.848. The van der Waals surface area contributed by atoms with Crippen LogP contribution in [0, 0.1) is 0 Å². The number of rotatable bonds is 2. The minimum atomic E-state index is -0.997. The van der Waals surface area contributed by atoms with Crippen LogP contribution in [0.1, 0.15) is 5.69 Å². The van der Waals surface area contributed by atoms with Crippen LogP contribution < -0.4 is 0 Å². The Bertz CT molecular complexity index is 238. The smallest absolute Gasteiger partial charge is 0.328 e. The molecule has 1 aromatic rings. The first kappa shape index (κ1) is 6.54. The molecule has 0 saturated carbocycles. The fraction of sp³-hybridized carbons (Fsp3) is 0. The summed E-state index contributed by atoms with van der Waals surface area (Å²) in [6.45, 7) is 0. The second-order valence-corrected chi connectivity index (χ2v) is 1.58. The van der Waals surface area contributed by atoms with Gasteiger partial charge in [-0.1, -0.05) is 0 Å². The number of hydrogen-bond donors (Lipinski definition) is 1. The third-order valence-electron chi connectivity index (χ3n) is 0.848. The van der Waals surface area contributed by atoms with Gasteiger partial charge in [0.25, 0.3) is 0 Å². The van der Waals surface area contributed by atoms with Gasteiger partial charge in [-0.3, -0.25) is 0 Å². The van der Waals surface area contributed by atoms with E-state index in [0.717, 1.165) is 6.08 Å². The first-order chi connectivity index (χ1) is 4.79. The van der Waals surface area contributed by atoms with E-state index in [9.17, 15) is 4.79 Å². The highest BCUT2D eigenvalue weighted by atomic mass is 16.4. The molecule has 0 spiro atoms. The van der Waals surface area contributed by atoms with E-state index in [1.54, 1.807) is 0 Å². The number of aliphatic carboxylic acids is 1. The van der Waals surface area contributed by atoms with Gasteiger partial charge in [0.15, 0.2) is 6.39 Å². The van der Waals surface area contributed by atoms with Crippen molar-refractivity contribution in [3.8, 4) is 0 Å². The van der Waals surface area contributed by atoms with Crippen LogP contribution in [0.2, 0.25) is 0 Å². The average Bonchev–Trinajstić information content (AvgIpc) is 2.34. The second-order valence-electron chi connectivity index (χ2n) is 1.58. The minimum Gasteiger partial charge on any atom is -0.478 e. The lowest BCUT2D eigenvalue weighted by Gasteiger charge is -1.76. The summed E-state index contributed by atoms with van der Waals surface area (Å²) in [5.74, 6) is -0.997. The van der Waals surface area contributed by atoms with Gasteiger partial charge < -0.3 is 9.52 Å². The zero-order valence-corrected chi connectivity index (χ0v) is 5.02. The summed E-state index contributed by atoms with van der Waals surface area (Å²) in [6.07, 6.45) is 4.95. The lowest BCUT2D eigenvalue weighted by molar-refractivity contribution is -0.131. The number of carbonyl (C=O) groups is 1. The van der Waals surface area contributed by atoms with E-state index in [0.29, 0.717) is 5.69 Å². The summed E-state index contributed by atoms with van der Waals surface area (Å²) in [5.41, 5.74) is 0.502. The Morgan fingerprint density at radius 3 is 3.10 bits per heavy atom. The maximum atomic E-state index is 9.95. The SMILES string of the molecule is O=C(O)/C=C/c1cocn1. The van der Waals surface area contributed by atoms with E-state index in [2.05, 4.69) is 9.40 Å². The average molecular weight is 139 g/mol. The van der Waals surface area contributed by atoms with Gasteiger partial charge in [0, 0.05) is 6.08 Å². The Kier molecular flexibility index (Phi) is 1.84. The summed E-state index contributed by atoms with van der Waals surface area (Å²) < 4.78 is 4.59. The molecule has 4 nitrogen and oxygen atoms in total. The van der Waals surface area contributed by atoms with Gasteiger partial charge in [0.2, 0.25) is 0 Å². The molecule has 1 N–H and O–H groups in total. The Morgan fingerprint density at radius 2 is 2.60 bits per heavy atom. The van der Waals surface area contributed by atoms with Crippen LogP contribution in [-0.2, 0) is 4.79 Å². The lowest BCUT2D eigenvalue weighted by atomic mass is 10.4. The van der Waals surface area contributed by atoms with Gasteiger partial charge in [0.1, 0.15) is 12.0 Å². The van der Waals surface area contributed by atoms with Crippen molar-refractivity contribution in [2.45, 2.75) is 0 Å². The van der Waals surface area contributed by atoms with E-state index >= 15 is 0 Å². The minimum absolute atomic E-state index is 0.502. The van der Waals surface area contributed by atoms with Crippen molar-refractivity contribution in [2.75, 3.05) is 0 Å². The molecule has 0 bridgehead atoms. The van der Waals surface area contributed by atoms with Gasteiger partial charge in [-0.15, -0.1) is 0 Å². The van der Waals surface area contributed by atoms with Gasteiger partial charge in [0.05, 0.1) is 0 Å². The largest absolute Gasteiger partial charge is 0.478 e. The normalized spacial score (nSPS) is 10.4. The predicted octanol–water partition coefficient (Wildman–Crippen LogP) is 0.772. The van der Waals surface area contributed by atoms with Gasteiger partial charge in [-0.25, -0.2) is 9.78 Å². The zero-order valence-electron chi connectivity index (χ0n) is 5.02. The number of nitrogens with zero attached hydrogens (tertiary/aromatic N) is 1. The van der Waals surface area contributed by atoms with Crippen LogP contribution in [0.5, 0.6) is 0 Å². The Balaban J connectivity index is 2.64. The number of oxazole rings is 1. The van der Waals surface area contributed by atoms with Crippen LogP contribution in [-0.4, -0.2) is 16.1 Å². The zero-order chi connectivity index (χ0) is 7.40. The molecule has 0 radical (unpaired) electrons. The second kappa shape index (κ2) is 2.82. The van der Waals surface area contributed by atoms with Gasteiger partial charge in [-0.05, 0) is 6.08 Å². The van der Waals surface area contributed by atoms with Crippen molar-refractivity contribution in [1.29, 1.82) is 0 Å². The maximum absolute atomic E-state index is 9.95. The topological polar surface area (TPSA) is 63.3 Å². The molecular formula is C6H5NO3. The Labute approximate surface area is 56.8 Å². The summed E-state index contributed by atoms with van der Waals surface area (Å²) in [6, 6.07) is 0. The molecule has 52 valence electrons. The molecule has 1 aromatic heterocycles. The number of hydrogen-bond acceptors (Lipinski definition) is 3. The van der Waals surface area contributed by atoms with Crippen molar-refractivity contribution in [3.63, 3.8) is 0 Å². The van der Waals surface area contributed by atoms with Gasteiger partial charge >= 0.3 is 5.97 Å². The molecule has 0 aliphatic carbocycles. The highest BCUT2D eigenvalue weighted by molar-refractivity contribution is 5.84. The molecular weight excluding hydrogens is 134 g/mol. The van der Waals surface area contributed by atoms with Crippen molar-refractivity contribution < 1.29 is 14.3 Å². The molecule has 0 aliphatic rings. The lowest BCUT2D eigenvalue weighted by Crippen LogP contribution is -1.85. The van der Waals surface area contributed by atoms with E-state index in [1.807, 2.05) is 0 Å². The first-order valence-electron chi connectivity index (χ1n) is 2.58. The first-order valence-corrected chi connectivity index (χ1v) is 2.58. The van der Waals surface area contributed by atoms with Gasteiger partial charge in [-0.2, -0.15) is 0 Å². The molecule has 0 saturated heterocycles. The third kappa shape index (κ3) is 1.74. The van der Waals surface area contributed by atoms with E-state index in [4.69, 9.17) is 5.11 Å².